The lowest BCUT2D eigenvalue weighted by atomic mass is 10.1. The van der Waals surface area contributed by atoms with Gasteiger partial charge in [0.1, 0.15) is 12.4 Å². The highest BCUT2D eigenvalue weighted by Crippen LogP contribution is 2.23. The van der Waals surface area contributed by atoms with Crippen molar-refractivity contribution in [3.63, 3.8) is 0 Å². The van der Waals surface area contributed by atoms with E-state index in [1.807, 2.05) is 45.0 Å². The molecule has 0 bridgehead atoms. The van der Waals surface area contributed by atoms with Crippen LogP contribution in [0.4, 0.5) is 5.69 Å². The summed E-state index contributed by atoms with van der Waals surface area (Å²) in [5.74, 6) is 0.890. The summed E-state index contributed by atoms with van der Waals surface area (Å²) in [6.45, 7) is 8.54. The van der Waals surface area contributed by atoms with Crippen LogP contribution in [0.2, 0.25) is 0 Å². The lowest BCUT2D eigenvalue weighted by Gasteiger charge is -2.14. The first-order chi connectivity index (χ1) is 11.0. The molecular weight excluding hydrogens is 286 g/mol. The molecule has 1 unspecified atom stereocenters. The van der Waals surface area contributed by atoms with E-state index in [2.05, 4.69) is 30.4 Å². The van der Waals surface area contributed by atoms with Crippen LogP contribution in [-0.2, 0) is 11.4 Å². The Kier molecular flexibility index (Phi) is 5.80. The second kappa shape index (κ2) is 7.82. The van der Waals surface area contributed by atoms with Crippen molar-refractivity contribution in [2.24, 2.45) is 5.92 Å². The highest BCUT2D eigenvalue weighted by atomic mass is 16.5. The number of anilines is 1. The molecule has 0 aromatic heterocycles. The van der Waals surface area contributed by atoms with Crippen molar-refractivity contribution in [2.75, 3.05) is 5.32 Å². The number of amides is 1. The number of carbonyl (C=O) groups excluding carboxylic acids is 1. The maximum atomic E-state index is 12.0. The maximum absolute atomic E-state index is 12.0. The van der Waals surface area contributed by atoms with Gasteiger partial charge < -0.3 is 10.1 Å². The largest absolute Gasteiger partial charge is 0.489 e. The summed E-state index contributed by atoms with van der Waals surface area (Å²) in [4.78, 5) is 12.0. The molecule has 1 atom stereocenters. The Morgan fingerprint density at radius 2 is 1.96 bits per heavy atom. The first kappa shape index (κ1) is 17.1. The Bertz CT molecular complexity index is 679. The van der Waals surface area contributed by atoms with E-state index in [-0.39, 0.29) is 11.8 Å². The average Bonchev–Trinajstić information content (AvgIpc) is 2.54. The molecule has 2 aromatic carbocycles. The summed E-state index contributed by atoms with van der Waals surface area (Å²) in [6.07, 6.45) is 0.836. The third kappa shape index (κ3) is 4.85. The zero-order valence-electron chi connectivity index (χ0n) is 14.3. The van der Waals surface area contributed by atoms with Gasteiger partial charge in [0.15, 0.2) is 0 Å². The molecule has 2 rings (SSSR count). The highest BCUT2D eigenvalue weighted by Gasteiger charge is 2.12. The fraction of sp³-hybridized carbons (Fsp3) is 0.350. The van der Waals surface area contributed by atoms with Crippen LogP contribution in [0.15, 0.2) is 42.5 Å². The molecule has 0 spiro atoms. The van der Waals surface area contributed by atoms with Crippen molar-refractivity contribution >= 4 is 11.6 Å². The van der Waals surface area contributed by atoms with Crippen molar-refractivity contribution in [1.29, 1.82) is 0 Å². The molecule has 0 heterocycles. The average molecular weight is 311 g/mol. The zero-order chi connectivity index (χ0) is 16.8. The van der Waals surface area contributed by atoms with E-state index in [4.69, 9.17) is 4.74 Å². The molecule has 0 saturated heterocycles. The molecule has 23 heavy (non-hydrogen) atoms. The predicted molar refractivity (Wildman–Crippen MR) is 94.8 cm³/mol. The quantitative estimate of drug-likeness (QED) is 0.826. The Labute approximate surface area is 138 Å². The van der Waals surface area contributed by atoms with Gasteiger partial charge >= 0.3 is 0 Å². The molecule has 0 fully saturated rings. The van der Waals surface area contributed by atoms with E-state index >= 15 is 0 Å². The number of ether oxygens (including phenoxy) is 1. The summed E-state index contributed by atoms with van der Waals surface area (Å²) in [5.41, 5.74) is 4.23. The van der Waals surface area contributed by atoms with Crippen LogP contribution in [0.5, 0.6) is 5.75 Å². The fourth-order valence-electron chi connectivity index (χ4n) is 2.28. The minimum Gasteiger partial charge on any atom is -0.489 e. The molecule has 122 valence electrons. The number of aryl methyl sites for hydroxylation is 2. The number of hydrogen-bond acceptors (Lipinski definition) is 2. The van der Waals surface area contributed by atoms with Gasteiger partial charge in [0.05, 0.1) is 0 Å². The van der Waals surface area contributed by atoms with Gasteiger partial charge in [-0.15, -0.1) is 0 Å². The van der Waals surface area contributed by atoms with Gasteiger partial charge in [-0.25, -0.2) is 0 Å². The van der Waals surface area contributed by atoms with Gasteiger partial charge in [-0.1, -0.05) is 43.7 Å². The Morgan fingerprint density at radius 1 is 1.17 bits per heavy atom. The normalized spacial score (nSPS) is 11.8. The monoisotopic (exact) mass is 311 g/mol. The first-order valence-corrected chi connectivity index (χ1v) is 8.09. The van der Waals surface area contributed by atoms with Crippen LogP contribution < -0.4 is 10.1 Å². The van der Waals surface area contributed by atoms with Crippen LogP contribution in [0.1, 0.15) is 37.0 Å². The molecular formula is C20H25NO2. The number of benzene rings is 2. The van der Waals surface area contributed by atoms with Crippen LogP contribution in [0, 0.1) is 19.8 Å². The zero-order valence-corrected chi connectivity index (χ0v) is 14.3. The third-order valence-corrected chi connectivity index (χ3v) is 4.00. The summed E-state index contributed by atoms with van der Waals surface area (Å²) >= 11 is 0. The van der Waals surface area contributed by atoms with E-state index < -0.39 is 0 Å². The van der Waals surface area contributed by atoms with Gasteiger partial charge in [0.2, 0.25) is 5.91 Å². The number of nitrogens with one attached hydrogen (secondary N) is 1. The van der Waals surface area contributed by atoms with Crippen LogP contribution in [0.3, 0.4) is 0 Å². The second-order valence-electron chi connectivity index (χ2n) is 6.05. The van der Waals surface area contributed by atoms with Crippen LogP contribution in [-0.4, -0.2) is 5.91 Å². The summed E-state index contributed by atoms with van der Waals surface area (Å²) < 4.78 is 5.84. The van der Waals surface area contributed by atoms with Gasteiger partial charge in [-0.05, 0) is 49.6 Å². The molecule has 1 N–H and O–H groups in total. The predicted octanol–water partition coefficient (Wildman–Crippen LogP) is 4.87. The van der Waals surface area contributed by atoms with Gasteiger partial charge in [0, 0.05) is 11.6 Å². The molecule has 0 aliphatic heterocycles. The third-order valence-electron chi connectivity index (χ3n) is 4.00. The van der Waals surface area contributed by atoms with E-state index in [0.717, 1.165) is 29.0 Å². The number of hydrogen-bond donors (Lipinski definition) is 1. The number of rotatable bonds is 6. The van der Waals surface area contributed by atoms with Crippen LogP contribution >= 0.6 is 0 Å². The Hall–Kier alpha value is -2.29. The lowest BCUT2D eigenvalue weighted by molar-refractivity contribution is -0.119. The molecule has 0 radical (unpaired) electrons. The molecule has 0 aliphatic rings. The SMILES string of the molecule is CCC(C)C(=O)Nc1ccc(OCc2cccc(C)c2)cc1C. The summed E-state index contributed by atoms with van der Waals surface area (Å²) in [5, 5.41) is 2.97. The van der Waals surface area contributed by atoms with Crippen LogP contribution in [0.25, 0.3) is 0 Å². The van der Waals surface area contributed by atoms with Gasteiger partial charge in [-0.2, -0.15) is 0 Å². The van der Waals surface area contributed by atoms with E-state index in [1.54, 1.807) is 0 Å². The second-order valence-corrected chi connectivity index (χ2v) is 6.05. The minimum atomic E-state index is 0.0200. The molecule has 2 aromatic rings. The van der Waals surface area contributed by atoms with Gasteiger partial charge in [0.25, 0.3) is 0 Å². The van der Waals surface area contributed by atoms with Crippen molar-refractivity contribution in [3.05, 3.63) is 59.2 Å². The van der Waals surface area contributed by atoms with Crippen molar-refractivity contribution in [2.45, 2.75) is 40.7 Å². The minimum absolute atomic E-state index is 0.0200. The molecule has 1 amide bonds. The van der Waals surface area contributed by atoms with E-state index in [9.17, 15) is 4.79 Å². The lowest BCUT2D eigenvalue weighted by Crippen LogP contribution is -2.20. The van der Waals surface area contributed by atoms with Crippen molar-refractivity contribution in [1.82, 2.24) is 0 Å². The highest BCUT2D eigenvalue weighted by molar-refractivity contribution is 5.93. The topological polar surface area (TPSA) is 38.3 Å². The number of carbonyl (C=O) groups is 1. The smallest absolute Gasteiger partial charge is 0.227 e. The Balaban J connectivity index is 2.00. The molecule has 3 nitrogen and oxygen atoms in total. The fourth-order valence-corrected chi connectivity index (χ4v) is 2.28. The summed E-state index contributed by atoms with van der Waals surface area (Å²) in [6, 6.07) is 14.0. The van der Waals surface area contributed by atoms with Crippen molar-refractivity contribution < 1.29 is 9.53 Å². The maximum Gasteiger partial charge on any atom is 0.227 e. The van der Waals surface area contributed by atoms with E-state index in [0.29, 0.717) is 6.61 Å². The van der Waals surface area contributed by atoms with E-state index in [1.165, 1.54) is 5.56 Å². The molecule has 3 heteroatoms. The molecule has 0 saturated carbocycles. The van der Waals surface area contributed by atoms with Crippen molar-refractivity contribution in [3.8, 4) is 5.75 Å². The Morgan fingerprint density at radius 3 is 2.61 bits per heavy atom. The molecule has 0 aliphatic carbocycles. The summed E-state index contributed by atoms with van der Waals surface area (Å²) in [7, 11) is 0. The van der Waals surface area contributed by atoms with Gasteiger partial charge in [-0.3, -0.25) is 4.79 Å². The first-order valence-electron chi connectivity index (χ1n) is 8.09. The standard InChI is InChI=1S/C20H25NO2/c1-5-15(3)20(22)21-19-10-9-18(12-16(19)4)23-13-17-8-6-7-14(2)11-17/h6-12,15H,5,13H2,1-4H3,(H,21,22).